The van der Waals surface area contributed by atoms with Crippen LogP contribution in [-0.4, -0.2) is 10.0 Å². The second-order valence-electron chi connectivity index (χ2n) is 2.99. The molecule has 0 fully saturated rings. The highest BCUT2D eigenvalue weighted by atomic mass is 79.9. The van der Waals surface area contributed by atoms with Crippen LogP contribution in [0.5, 0.6) is 5.75 Å². The van der Waals surface area contributed by atoms with E-state index in [1.165, 1.54) is 6.07 Å². The van der Waals surface area contributed by atoms with E-state index in [0.29, 0.717) is 5.39 Å². The first-order valence-corrected chi connectivity index (χ1v) is 4.89. The smallest absolute Gasteiger partial charge is 0.336 e. The van der Waals surface area contributed by atoms with Crippen LogP contribution in [0.4, 0.5) is 5.69 Å². The maximum Gasteiger partial charge on any atom is 0.336 e. The van der Waals surface area contributed by atoms with Gasteiger partial charge in [-0.3, -0.25) is 10.1 Å². The molecule has 0 bridgehead atoms. The molecular weight excluding hydrogens is 282 g/mol. The van der Waals surface area contributed by atoms with Crippen LogP contribution in [0, 0.1) is 10.1 Å². The fourth-order valence-electron chi connectivity index (χ4n) is 1.29. The van der Waals surface area contributed by atoms with Gasteiger partial charge in [-0.2, -0.15) is 0 Å². The summed E-state index contributed by atoms with van der Waals surface area (Å²) < 4.78 is 4.82. The van der Waals surface area contributed by atoms with Gasteiger partial charge in [0, 0.05) is 17.5 Å². The fourth-order valence-corrected chi connectivity index (χ4v) is 1.80. The summed E-state index contributed by atoms with van der Waals surface area (Å²) in [5, 5.41) is 20.5. The highest BCUT2D eigenvalue weighted by Gasteiger charge is 2.20. The number of aromatic hydroxyl groups is 1. The third-order valence-corrected chi connectivity index (χ3v) is 2.74. The molecule has 0 unspecified atom stereocenters. The van der Waals surface area contributed by atoms with Gasteiger partial charge in [-0.15, -0.1) is 0 Å². The molecule has 0 radical (unpaired) electrons. The Kier molecular flexibility index (Phi) is 2.39. The zero-order valence-corrected chi connectivity index (χ0v) is 9.22. The van der Waals surface area contributed by atoms with E-state index in [2.05, 4.69) is 15.9 Å². The van der Waals surface area contributed by atoms with E-state index in [0.717, 1.165) is 12.1 Å². The van der Waals surface area contributed by atoms with Gasteiger partial charge in [-0.25, -0.2) is 4.79 Å². The Morgan fingerprint density at radius 1 is 1.44 bits per heavy atom. The minimum atomic E-state index is -0.718. The summed E-state index contributed by atoms with van der Waals surface area (Å²) >= 11 is 2.95. The predicted molar refractivity (Wildman–Crippen MR) is 58.5 cm³/mol. The molecule has 0 saturated carbocycles. The maximum absolute atomic E-state index is 11.0. The number of fused-ring (bicyclic) bond motifs is 1. The molecule has 82 valence electrons. The van der Waals surface area contributed by atoms with Crippen LogP contribution in [0.25, 0.3) is 11.0 Å². The van der Waals surface area contributed by atoms with Gasteiger partial charge in [0.25, 0.3) is 0 Å². The van der Waals surface area contributed by atoms with Crippen molar-refractivity contribution < 1.29 is 14.4 Å². The minimum absolute atomic E-state index is 0.00519. The van der Waals surface area contributed by atoms with Crippen LogP contribution in [-0.2, 0) is 0 Å². The van der Waals surface area contributed by atoms with Crippen molar-refractivity contribution >= 4 is 32.6 Å². The van der Waals surface area contributed by atoms with Crippen molar-refractivity contribution in [2.45, 2.75) is 0 Å². The second-order valence-corrected chi connectivity index (χ2v) is 3.78. The molecule has 0 aliphatic carbocycles. The topological polar surface area (TPSA) is 93.6 Å². The lowest BCUT2D eigenvalue weighted by Gasteiger charge is -2.02. The molecular formula is C9H4BrNO5. The average molecular weight is 286 g/mol. The van der Waals surface area contributed by atoms with Crippen LogP contribution < -0.4 is 5.63 Å². The van der Waals surface area contributed by atoms with Crippen molar-refractivity contribution in [1.82, 2.24) is 0 Å². The Morgan fingerprint density at radius 3 is 2.75 bits per heavy atom. The van der Waals surface area contributed by atoms with E-state index in [1.807, 2.05) is 0 Å². The maximum atomic E-state index is 11.0. The summed E-state index contributed by atoms with van der Waals surface area (Å²) in [6, 6.07) is 3.67. The van der Waals surface area contributed by atoms with Crippen molar-refractivity contribution in [3.63, 3.8) is 0 Å². The highest BCUT2D eigenvalue weighted by Crippen LogP contribution is 2.39. The lowest BCUT2D eigenvalue weighted by molar-refractivity contribution is -0.385. The molecule has 1 aromatic carbocycles. The highest BCUT2D eigenvalue weighted by molar-refractivity contribution is 9.10. The van der Waals surface area contributed by atoms with Gasteiger partial charge in [-0.05, 0) is 22.0 Å². The van der Waals surface area contributed by atoms with Crippen LogP contribution in [0.2, 0.25) is 0 Å². The normalized spacial score (nSPS) is 10.6. The number of benzene rings is 1. The number of phenolic OH excluding ortho intramolecular Hbond substituents is 1. The molecule has 0 aliphatic heterocycles. The summed E-state index contributed by atoms with van der Waals surface area (Å²) in [6.07, 6.45) is 0. The predicted octanol–water partition coefficient (Wildman–Crippen LogP) is 2.17. The summed E-state index contributed by atoms with van der Waals surface area (Å²) in [5.41, 5.74) is -0.967. The van der Waals surface area contributed by atoms with E-state index in [4.69, 9.17) is 4.42 Å². The largest absolute Gasteiger partial charge is 0.501 e. The summed E-state index contributed by atoms with van der Waals surface area (Å²) in [5.74, 6) is -0.563. The molecule has 16 heavy (non-hydrogen) atoms. The number of rotatable bonds is 1. The molecule has 1 N–H and O–H groups in total. The van der Waals surface area contributed by atoms with Crippen molar-refractivity contribution in [3.8, 4) is 5.75 Å². The van der Waals surface area contributed by atoms with Crippen LogP contribution in [0.1, 0.15) is 0 Å². The Morgan fingerprint density at radius 2 is 2.12 bits per heavy atom. The molecule has 0 amide bonds. The van der Waals surface area contributed by atoms with E-state index in [9.17, 15) is 20.0 Å². The monoisotopic (exact) mass is 285 g/mol. The molecule has 0 aliphatic rings. The van der Waals surface area contributed by atoms with Crippen LogP contribution >= 0.6 is 15.9 Å². The number of hydrogen-bond acceptors (Lipinski definition) is 5. The van der Waals surface area contributed by atoms with Crippen LogP contribution in [0.3, 0.4) is 0 Å². The number of phenols is 1. The molecule has 2 rings (SSSR count). The molecule has 7 heteroatoms. The third-order valence-electron chi connectivity index (χ3n) is 2.00. The van der Waals surface area contributed by atoms with Gasteiger partial charge in [0.2, 0.25) is 5.75 Å². The van der Waals surface area contributed by atoms with Gasteiger partial charge < -0.3 is 9.52 Å². The Labute approximate surface area is 96.4 Å². The van der Waals surface area contributed by atoms with Crippen LogP contribution in [0.15, 0.2) is 31.9 Å². The Bertz CT molecular complexity index is 648. The van der Waals surface area contributed by atoms with Crippen molar-refractivity contribution in [1.29, 1.82) is 0 Å². The summed E-state index contributed by atoms with van der Waals surface area (Å²) in [7, 11) is 0. The molecule has 0 saturated heterocycles. The zero-order valence-electron chi connectivity index (χ0n) is 7.64. The van der Waals surface area contributed by atoms with Gasteiger partial charge in [0.1, 0.15) is 4.47 Å². The van der Waals surface area contributed by atoms with Gasteiger partial charge in [0.05, 0.1) is 4.92 Å². The van der Waals surface area contributed by atoms with Gasteiger partial charge in [0.15, 0.2) is 5.58 Å². The quantitative estimate of drug-likeness (QED) is 0.492. The lowest BCUT2D eigenvalue weighted by Crippen LogP contribution is -1.96. The number of hydrogen-bond donors (Lipinski definition) is 1. The molecule has 6 nitrogen and oxygen atoms in total. The van der Waals surface area contributed by atoms with Gasteiger partial charge >= 0.3 is 11.3 Å². The molecule has 2 aromatic rings. The number of halogens is 1. The first-order valence-electron chi connectivity index (χ1n) is 4.10. The Hall–Kier alpha value is -1.89. The Balaban J connectivity index is 2.93. The lowest BCUT2D eigenvalue weighted by atomic mass is 10.2. The number of nitrogens with zero attached hydrogens (tertiary/aromatic N) is 1. The number of nitro benzene ring substituents is 1. The second kappa shape index (κ2) is 3.60. The van der Waals surface area contributed by atoms with Crippen molar-refractivity contribution in [2.24, 2.45) is 0 Å². The SMILES string of the molecule is O=c1ccc2cc([N+](=O)[O-])c(O)c(Br)c2o1. The molecule has 0 spiro atoms. The molecule has 1 heterocycles. The van der Waals surface area contributed by atoms with Crippen molar-refractivity contribution in [3.05, 3.63) is 43.2 Å². The minimum Gasteiger partial charge on any atom is -0.501 e. The van der Waals surface area contributed by atoms with E-state index in [-0.39, 0.29) is 10.1 Å². The molecule has 0 atom stereocenters. The number of nitro groups is 1. The van der Waals surface area contributed by atoms with E-state index in [1.54, 1.807) is 0 Å². The zero-order chi connectivity index (χ0) is 11.9. The van der Waals surface area contributed by atoms with Crippen molar-refractivity contribution in [2.75, 3.05) is 0 Å². The van der Waals surface area contributed by atoms with E-state index < -0.39 is 22.0 Å². The first-order chi connectivity index (χ1) is 7.50. The molecule has 1 aromatic heterocycles. The fraction of sp³-hybridized carbons (Fsp3) is 0. The summed E-state index contributed by atoms with van der Waals surface area (Å²) in [4.78, 5) is 20.9. The van der Waals surface area contributed by atoms with Gasteiger partial charge in [-0.1, -0.05) is 0 Å². The first kappa shape index (κ1) is 10.6. The van der Waals surface area contributed by atoms with E-state index >= 15 is 0 Å². The summed E-state index contributed by atoms with van der Waals surface area (Å²) in [6.45, 7) is 0. The standard InChI is InChI=1S/C9H4BrNO5/c10-7-8(13)5(11(14)15)3-4-1-2-6(12)16-9(4)7/h1-3,13H. The third kappa shape index (κ3) is 1.54. The average Bonchev–Trinajstić information content (AvgIpc) is 2.23.